The molecule has 158 valence electrons. The fourth-order valence-corrected chi connectivity index (χ4v) is 2.83. The van der Waals surface area contributed by atoms with Crippen LogP contribution in [0.5, 0.6) is 11.5 Å². The molecule has 1 amide bonds. The number of anilines is 1. The van der Waals surface area contributed by atoms with Crippen LogP contribution in [0.15, 0.2) is 47.6 Å². The highest BCUT2D eigenvalue weighted by Crippen LogP contribution is 2.28. The Labute approximate surface area is 173 Å². The first kappa shape index (κ1) is 21.1. The van der Waals surface area contributed by atoms with E-state index in [1.54, 1.807) is 41.3 Å². The van der Waals surface area contributed by atoms with Gasteiger partial charge in [0, 0.05) is 19.2 Å². The van der Waals surface area contributed by atoms with Crippen LogP contribution in [0.2, 0.25) is 0 Å². The fraction of sp³-hybridized carbons (Fsp3) is 0.300. The second-order valence-electron chi connectivity index (χ2n) is 6.34. The summed E-state index contributed by atoms with van der Waals surface area (Å²) in [6.45, 7) is 2.08. The van der Waals surface area contributed by atoms with E-state index in [4.69, 9.17) is 14.2 Å². The largest absolute Gasteiger partial charge is 0.493 e. The van der Waals surface area contributed by atoms with Gasteiger partial charge in [-0.3, -0.25) is 20.3 Å². The van der Waals surface area contributed by atoms with Gasteiger partial charge in [0.05, 0.1) is 31.5 Å². The van der Waals surface area contributed by atoms with E-state index in [0.717, 1.165) is 0 Å². The first-order valence-electron chi connectivity index (χ1n) is 9.27. The number of morpholine rings is 1. The summed E-state index contributed by atoms with van der Waals surface area (Å²) in [4.78, 5) is 24.5. The zero-order valence-electron chi connectivity index (χ0n) is 16.4. The fourth-order valence-electron chi connectivity index (χ4n) is 2.83. The van der Waals surface area contributed by atoms with E-state index >= 15 is 0 Å². The van der Waals surface area contributed by atoms with Gasteiger partial charge in [0.2, 0.25) is 0 Å². The van der Waals surface area contributed by atoms with Crippen molar-refractivity contribution in [3.8, 4) is 11.5 Å². The lowest BCUT2D eigenvalue weighted by Gasteiger charge is -2.26. The molecule has 0 radical (unpaired) electrons. The number of methoxy groups -OCH3 is 1. The molecule has 0 aromatic heterocycles. The normalized spacial score (nSPS) is 13.8. The van der Waals surface area contributed by atoms with E-state index in [2.05, 4.69) is 10.5 Å². The highest BCUT2D eigenvalue weighted by atomic mass is 16.6. The Kier molecular flexibility index (Phi) is 7.17. The van der Waals surface area contributed by atoms with Gasteiger partial charge in [-0.05, 0) is 29.8 Å². The first-order valence-corrected chi connectivity index (χ1v) is 9.27. The molecule has 30 heavy (non-hydrogen) atoms. The van der Waals surface area contributed by atoms with Crippen molar-refractivity contribution in [2.45, 2.75) is 0 Å². The van der Waals surface area contributed by atoms with Crippen LogP contribution < -0.4 is 14.9 Å². The number of hydrogen-bond donors (Lipinski definition) is 1. The number of nitrogens with one attached hydrogen (secondary N) is 1. The maximum absolute atomic E-state index is 12.2. The van der Waals surface area contributed by atoms with E-state index in [0.29, 0.717) is 43.4 Å². The molecule has 0 bridgehead atoms. The summed E-state index contributed by atoms with van der Waals surface area (Å²) >= 11 is 0. The second-order valence-corrected chi connectivity index (χ2v) is 6.34. The monoisotopic (exact) mass is 414 g/mol. The number of benzene rings is 2. The van der Waals surface area contributed by atoms with E-state index < -0.39 is 4.92 Å². The van der Waals surface area contributed by atoms with Crippen LogP contribution in [-0.4, -0.2) is 62.0 Å². The minimum atomic E-state index is -0.481. The molecular formula is C20H22N4O6. The maximum Gasteiger partial charge on any atom is 0.294 e. The summed E-state index contributed by atoms with van der Waals surface area (Å²) in [6.07, 6.45) is 1.50. The number of nitrogens with zero attached hydrogens (tertiary/aromatic N) is 3. The molecule has 0 atom stereocenters. The molecular weight excluding hydrogens is 392 g/mol. The van der Waals surface area contributed by atoms with E-state index in [-0.39, 0.29) is 23.9 Å². The average molecular weight is 414 g/mol. The van der Waals surface area contributed by atoms with Crippen LogP contribution >= 0.6 is 0 Å². The van der Waals surface area contributed by atoms with E-state index in [9.17, 15) is 14.9 Å². The van der Waals surface area contributed by atoms with Gasteiger partial charge in [-0.15, -0.1) is 0 Å². The van der Waals surface area contributed by atoms with Gasteiger partial charge in [0.1, 0.15) is 5.69 Å². The van der Waals surface area contributed by atoms with Crippen molar-refractivity contribution in [2.75, 3.05) is 45.4 Å². The van der Waals surface area contributed by atoms with Gasteiger partial charge in [0.15, 0.2) is 18.1 Å². The second kappa shape index (κ2) is 10.2. The summed E-state index contributed by atoms with van der Waals surface area (Å²) in [5.74, 6) is 0.766. The molecule has 0 aliphatic carbocycles. The van der Waals surface area contributed by atoms with Crippen molar-refractivity contribution in [1.82, 2.24) is 4.90 Å². The topological polar surface area (TPSA) is 116 Å². The maximum atomic E-state index is 12.2. The number of carbonyl (C=O) groups is 1. The van der Waals surface area contributed by atoms with Gasteiger partial charge in [-0.25, -0.2) is 0 Å². The molecule has 0 saturated carbocycles. The van der Waals surface area contributed by atoms with Crippen LogP contribution in [-0.2, 0) is 9.53 Å². The molecule has 0 unspecified atom stereocenters. The zero-order chi connectivity index (χ0) is 21.3. The number of amides is 1. The zero-order valence-corrected chi connectivity index (χ0v) is 16.4. The number of rotatable bonds is 8. The van der Waals surface area contributed by atoms with Gasteiger partial charge in [0.25, 0.3) is 11.6 Å². The third-order valence-corrected chi connectivity index (χ3v) is 4.40. The molecule has 1 heterocycles. The third-order valence-electron chi connectivity index (χ3n) is 4.40. The molecule has 1 aliphatic heterocycles. The Hall–Kier alpha value is -3.66. The molecule has 0 spiro atoms. The SMILES string of the molecule is COc1cc(/C=N\Nc2ccccc2[N+](=O)[O-])ccc1OCC(=O)N1CCOCC1. The summed E-state index contributed by atoms with van der Waals surface area (Å²) in [5, 5.41) is 15.1. The molecule has 2 aromatic carbocycles. The number of hydrazone groups is 1. The summed E-state index contributed by atoms with van der Waals surface area (Å²) in [7, 11) is 1.50. The van der Waals surface area contributed by atoms with Crippen molar-refractivity contribution < 1.29 is 23.9 Å². The summed E-state index contributed by atoms with van der Waals surface area (Å²) in [6, 6.07) is 11.3. The Bertz CT molecular complexity index is 927. The number of hydrogen-bond acceptors (Lipinski definition) is 8. The molecule has 1 aliphatic rings. The minimum absolute atomic E-state index is 0.0686. The smallest absolute Gasteiger partial charge is 0.294 e. The Morgan fingerprint density at radius 3 is 2.77 bits per heavy atom. The van der Waals surface area contributed by atoms with Crippen LogP contribution in [0, 0.1) is 10.1 Å². The Morgan fingerprint density at radius 2 is 2.03 bits per heavy atom. The Balaban J connectivity index is 1.61. The van der Waals surface area contributed by atoms with Crippen molar-refractivity contribution in [3.05, 3.63) is 58.1 Å². The van der Waals surface area contributed by atoms with Gasteiger partial charge in [-0.1, -0.05) is 12.1 Å². The van der Waals surface area contributed by atoms with Crippen molar-refractivity contribution in [2.24, 2.45) is 5.10 Å². The van der Waals surface area contributed by atoms with Crippen molar-refractivity contribution in [1.29, 1.82) is 0 Å². The van der Waals surface area contributed by atoms with Crippen LogP contribution in [0.25, 0.3) is 0 Å². The molecule has 3 rings (SSSR count). The minimum Gasteiger partial charge on any atom is -0.493 e. The average Bonchev–Trinajstić information content (AvgIpc) is 2.78. The quantitative estimate of drug-likeness (QED) is 0.400. The molecule has 10 nitrogen and oxygen atoms in total. The van der Waals surface area contributed by atoms with Crippen molar-refractivity contribution >= 4 is 23.5 Å². The van der Waals surface area contributed by atoms with Crippen LogP contribution in [0.1, 0.15) is 5.56 Å². The van der Waals surface area contributed by atoms with Crippen molar-refractivity contribution in [3.63, 3.8) is 0 Å². The first-order chi connectivity index (χ1) is 14.6. The number of para-hydroxylation sites is 2. The van der Waals surface area contributed by atoms with E-state index in [1.807, 2.05) is 0 Å². The molecule has 10 heteroatoms. The predicted molar refractivity (Wildman–Crippen MR) is 110 cm³/mol. The summed E-state index contributed by atoms with van der Waals surface area (Å²) < 4.78 is 16.2. The van der Waals surface area contributed by atoms with Crippen LogP contribution in [0.3, 0.4) is 0 Å². The number of ether oxygens (including phenoxy) is 3. The summed E-state index contributed by atoms with van der Waals surface area (Å²) in [5.41, 5.74) is 3.57. The standard InChI is InChI=1S/C20H22N4O6/c1-28-19-12-15(13-21-22-16-4-2-3-5-17(16)24(26)27)6-7-18(19)30-14-20(25)23-8-10-29-11-9-23/h2-7,12-13,22H,8-11,14H2,1H3/b21-13-. The van der Waals surface area contributed by atoms with Gasteiger partial charge >= 0.3 is 0 Å². The predicted octanol–water partition coefficient (Wildman–Crippen LogP) is 2.29. The number of carbonyl (C=O) groups excluding carboxylic acids is 1. The lowest BCUT2D eigenvalue weighted by molar-refractivity contribution is -0.384. The third kappa shape index (κ3) is 5.45. The molecule has 1 saturated heterocycles. The Morgan fingerprint density at radius 1 is 1.27 bits per heavy atom. The van der Waals surface area contributed by atoms with Gasteiger partial charge < -0.3 is 19.1 Å². The number of nitro groups is 1. The lowest BCUT2D eigenvalue weighted by atomic mass is 10.2. The van der Waals surface area contributed by atoms with Crippen LogP contribution in [0.4, 0.5) is 11.4 Å². The highest BCUT2D eigenvalue weighted by molar-refractivity contribution is 5.82. The highest BCUT2D eigenvalue weighted by Gasteiger charge is 2.18. The van der Waals surface area contributed by atoms with Gasteiger partial charge in [-0.2, -0.15) is 5.10 Å². The number of nitro benzene ring substituents is 1. The lowest BCUT2D eigenvalue weighted by Crippen LogP contribution is -2.43. The molecule has 2 aromatic rings. The molecule has 1 fully saturated rings. The van der Waals surface area contributed by atoms with E-state index in [1.165, 1.54) is 19.4 Å². The molecule has 1 N–H and O–H groups in total.